The second kappa shape index (κ2) is 8.50. The van der Waals surface area contributed by atoms with Crippen molar-refractivity contribution in [1.29, 1.82) is 0 Å². The number of benzene rings is 3. The van der Waals surface area contributed by atoms with Gasteiger partial charge in [-0.15, -0.1) is 11.8 Å². The molecule has 1 aliphatic rings. The lowest BCUT2D eigenvalue weighted by atomic mass is 10.0. The van der Waals surface area contributed by atoms with E-state index in [1.54, 1.807) is 7.11 Å². The zero-order chi connectivity index (χ0) is 19.3. The largest absolute Gasteiger partial charge is 0.497 e. The number of methoxy groups -OCH3 is 1. The van der Waals surface area contributed by atoms with Crippen molar-refractivity contribution in [2.75, 3.05) is 7.11 Å². The number of hydrogen-bond donors (Lipinski definition) is 1. The summed E-state index contributed by atoms with van der Waals surface area (Å²) in [6.45, 7) is 0. The van der Waals surface area contributed by atoms with Crippen LogP contribution in [0.1, 0.15) is 23.5 Å². The summed E-state index contributed by atoms with van der Waals surface area (Å²) in [6.07, 6.45) is -0.858. The van der Waals surface area contributed by atoms with E-state index in [-0.39, 0.29) is 17.3 Å². The summed E-state index contributed by atoms with van der Waals surface area (Å²) in [5.41, 5.74) is 1.88. The maximum absolute atomic E-state index is 13.1. The predicted molar refractivity (Wildman–Crippen MR) is 110 cm³/mol. The molecular formula is C23H21NO3S. The molecule has 1 saturated heterocycles. The van der Waals surface area contributed by atoms with E-state index in [1.807, 2.05) is 84.9 Å². The number of carbonyl (C=O) groups excluding carboxylic acids is 1. The van der Waals surface area contributed by atoms with Gasteiger partial charge in [-0.25, -0.2) is 0 Å². The first-order valence-electron chi connectivity index (χ1n) is 9.11. The third kappa shape index (κ3) is 4.06. The van der Waals surface area contributed by atoms with Crippen LogP contribution in [0.4, 0.5) is 0 Å². The predicted octanol–water partition coefficient (Wildman–Crippen LogP) is 4.74. The average molecular weight is 391 g/mol. The molecule has 1 aliphatic heterocycles. The summed E-state index contributed by atoms with van der Waals surface area (Å²) in [6, 6.07) is 27.4. The van der Waals surface area contributed by atoms with E-state index < -0.39 is 6.23 Å². The average Bonchev–Trinajstić information content (AvgIpc) is 2.76. The van der Waals surface area contributed by atoms with E-state index in [9.17, 15) is 4.79 Å². The SMILES string of the molecule is COc1ccc([C@H]2NC(=O)[C@@H](Sc3ccccc3)[C@@H](c3ccccc3)O2)cc1. The van der Waals surface area contributed by atoms with Crippen molar-refractivity contribution in [3.8, 4) is 5.75 Å². The lowest BCUT2D eigenvalue weighted by Gasteiger charge is -2.36. The van der Waals surface area contributed by atoms with Crippen LogP contribution < -0.4 is 10.1 Å². The normalized spacial score (nSPS) is 21.8. The summed E-state index contributed by atoms with van der Waals surface area (Å²) in [5.74, 6) is 0.734. The smallest absolute Gasteiger partial charge is 0.238 e. The number of ether oxygens (including phenoxy) is 2. The lowest BCUT2D eigenvalue weighted by molar-refractivity contribution is -0.141. The van der Waals surface area contributed by atoms with Crippen LogP contribution in [0.25, 0.3) is 0 Å². The second-order valence-electron chi connectivity index (χ2n) is 6.48. The molecule has 28 heavy (non-hydrogen) atoms. The highest BCUT2D eigenvalue weighted by atomic mass is 32.2. The Morgan fingerprint density at radius 2 is 1.50 bits per heavy atom. The van der Waals surface area contributed by atoms with Crippen LogP contribution >= 0.6 is 11.8 Å². The molecule has 1 N–H and O–H groups in total. The molecule has 1 fully saturated rings. The Morgan fingerprint density at radius 3 is 2.14 bits per heavy atom. The van der Waals surface area contributed by atoms with Gasteiger partial charge in [-0.3, -0.25) is 4.79 Å². The number of hydrogen-bond acceptors (Lipinski definition) is 4. The minimum absolute atomic E-state index is 0.0326. The topological polar surface area (TPSA) is 47.6 Å². The third-order valence-corrected chi connectivity index (χ3v) is 5.90. The van der Waals surface area contributed by atoms with Crippen LogP contribution in [0, 0.1) is 0 Å². The van der Waals surface area contributed by atoms with Crippen molar-refractivity contribution in [2.24, 2.45) is 0 Å². The van der Waals surface area contributed by atoms with E-state index in [0.717, 1.165) is 21.8 Å². The molecule has 142 valence electrons. The van der Waals surface area contributed by atoms with E-state index >= 15 is 0 Å². The molecule has 4 nitrogen and oxygen atoms in total. The van der Waals surface area contributed by atoms with Crippen molar-refractivity contribution < 1.29 is 14.3 Å². The van der Waals surface area contributed by atoms with E-state index in [2.05, 4.69) is 5.32 Å². The minimum Gasteiger partial charge on any atom is -0.497 e. The Morgan fingerprint density at radius 1 is 0.857 bits per heavy atom. The summed E-state index contributed by atoms with van der Waals surface area (Å²) in [5, 5.41) is 2.64. The van der Waals surface area contributed by atoms with Crippen LogP contribution in [-0.4, -0.2) is 18.3 Å². The number of rotatable bonds is 5. The van der Waals surface area contributed by atoms with E-state index in [0.29, 0.717) is 0 Å². The maximum Gasteiger partial charge on any atom is 0.238 e. The molecule has 3 atom stereocenters. The Bertz CT molecular complexity index is 916. The molecule has 0 aliphatic carbocycles. The van der Waals surface area contributed by atoms with Gasteiger partial charge >= 0.3 is 0 Å². The van der Waals surface area contributed by atoms with Gasteiger partial charge in [0.25, 0.3) is 0 Å². The highest BCUT2D eigenvalue weighted by Crippen LogP contribution is 2.40. The Hall–Kier alpha value is -2.76. The zero-order valence-electron chi connectivity index (χ0n) is 15.4. The quantitative estimate of drug-likeness (QED) is 0.682. The fraction of sp³-hybridized carbons (Fsp3) is 0.174. The highest BCUT2D eigenvalue weighted by molar-refractivity contribution is 8.00. The van der Waals surface area contributed by atoms with Gasteiger partial charge in [0.2, 0.25) is 5.91 Å². The molecular weight excluding hydrogens is 370 g/mol. The van der Waals surface area contributed by atoms with Gasteiger partial charge in [-0.1, -0.05) is 60.7 Å². The molecule has 0 spiro atoms. The van der Waals surface area contributed by atoms with Crippen molar-refractivity contribution in [3.05, 3.63) is 96.1 Å². The van der Waals surface area contributed by atoms with Gasteiger partial charge in [0.15, 0.2) is 6.23 Å². The number of nitrogens with one attached hydrogen (secondary N) is 1. The standard InChI is InChI=1S/C23H21NO3S/c1-26-18-14-12-17(13-15-18)23-24-22(25)21(28-19-10-6-3-7-11-19)20(27-23)16-8-4-2-5-9-16/h2-15,20-21,23H,1H3,(H,24,25)/t20-,21+,23+/m1/s1. The van der Waals surface area contributed by atoms with Crippen molar-refractivity contribution in [3.63, 3.8) is 0 Å². The molecule has 4 rings (SSSR count). The molecule has 3 aromatic carbocycles. The Kier molecular flexibility index (Phi) is 5.65. The molecule has 1 heterocycles. The molecule has 0 aromatic heterocycles. The van der Waals surface area contributed by atoms with Crippen LogP contribution in [0.3, 0.4) is 0 Å². The Balaban J connectivity index is 1.63. The Labute approximate surface area is 168 Å². The molecule has 0 saturated carbocycles. The fourth-order valence-electron chi connectivity index (χ4n) is 3.20. The van der Waals surface area contributed by atoms with Gasteiger partial charge in [0.05, 0.1) is 7.11 Å². The molecule has 1 amide bonds. The summed E-state index contributed by atoms with van der Waals surface area (Å²) in [4.78, 5) is 14.1. The van der Waals surface area contributed by atoms with Gasteiger partial charge in [0.1, 0.15) is 17.1 Å². The van der Waals surface area contributed by atoms with Crippen molar-refractivity contribution in [1.82, 2.24) is 5.32 Å². The van der Waals surface area contributed by atoms with Gasteiger partial charge in [0, 0.05) is 10.5 Å². The first kappa shape index (κ1) is 18.6. The molecule has 0 bridgehead atoms. The summed E-state index contributed by atoms with van der Waals surface area (Å²) in [7, 11) is 1.63. The highest BCUT2D eigenvalue weighted by Gasteiger charge is 2.39. The summed E-state index contributed by atoms with van der Waals surface area (Å²) < 4.78 is 11.6. The molecule has 5 heteroatoms. The first-order chi connectivity index (χ1) is 13.7. The second-order valence-corrected chi connectivity index (χ2v) is 7.70. The van der Waals surface area contributed by atoms with Crippen LogP contribution in [0.2, 0.25) is 0 Å². The molecule has 0 radical (unpaired) electrons. The molecule has 0 unspecified atom stereocenters. The first-order valence-corrected chi connectivity index (χ1v) is 9.99. The minimum atomic E-state index is -0.503. The van der Waals surface area contributed by atoms with Crippen molar-refractivity contribution >= 4 is 17.7 Å². The van der Waals surface area contributed by atoms with E-state index in [4.69, 9.17) is 9.47 Å². The van der Waals surface area contributed by atoms with Gasteiger partial charge in [-0.2, -0.15) is 0 Å². The third-order valence-electron chi connectivity index (χ3n) is 4.64. The fourth-order valence-corrected chi connectivity index (χ4v) is 4.33. The van der Waals surface area contributed by atoms with Gasteiger partial charge < -0.3 is 14.8 Å². The van der Waals surface area contributed by atoms with Crippen LogP contribution in [-0.2, 0) is 9.53 Å². The monoisotopic (exact) mass is 391 g/mol. The number of thioether (sulfide) groups is 1. The zero-order valence-corrected chi connectivity index (χ0v) is 16.3. The van der Waals surface area contributed by atoms with Crippen molar-refractivity contribution in [2.45, 2.75) is 22.5 Å². The maximum atomic E-state index is 13.1. The number of amides is 1. The lowest BCUT2D eigenvalue weighted by Crippen LogP contribution is -2.46. The molecule has 3 aromatic rings. The van der Waals surface area contributed by atoms with E-state index in [1.165, 1.54) is 11.8 Å². The summed E-state index contributed by atoms with van der Waals surface area (Å²) >= 11 is 1.52. The van der Waals surface area contributed by atoms with Crippen LogP contribution in [0.15, 0.2) is 89.8 Å². The van der Waals surface area contributed by atoms with Gasteiger partial charge in [-0.05, 0) is 29.8 Å². The van der Waals surface area contributed by atoms with Crippen LogP contribution in [0.5, 0.6) is 5.75 Å². The number of carbonyl (C=O) groups is 1.